The Hall–Kier alpha value is -3.91. The highest BCUT2D eigenvalue weighted by molar-refractivity contribution is 5.88. The van der Waals surface area contributed by atoms with E-state index in [9.17, 15) is 66.1 Å². The zero-order valence-electron chi connectivity index (χ0n) is 29.0. The fourth-order valence-corrected chi connectivity index (χ4v) is 6.43. The Morgan fingerprint density at radius 3 is 1.95 bits per heavy atom. The predicted molar refractivity (Wildman–Crippen MR) is 178 cm³/mol. The minimum absolute atomic E-state index is 0.0555. The van der Waals surface area contributed by atoms with Crippen LogP contribution in [0.15, 0.2) is 39.5 Å². The lowest BCUT2D eigenvalue weighted by Crippen LogP contribution is -2.65. The summed E-state index contributed by atoms with van der Waals surface area (Å²) in [7, 11) is 1.26. The van der Waals surface area contributed by atoms with Crippen molar-refractivity contribution in [2.45, 2.75) is 99.0 Å². The number of rotatable bonds is 10. The number of fused-ring (bicyclic) bond motifs is 1. The molecule has 6 rings (SSSR count). The number of methoxy groups -OCH3 is 1. The van der Waals surface area contributed by atoms with Gasteiger partial charge in [-0.15, -0.1) is 0 Å². The molecule has 0 saturated carbocycles. The molecule has 3 saturated heterocycles. The number of hydrogen-bond donors (Lipinski definition) is 12. The van der Waals surface area contributed by atoms with Crippen LogP contribution in [0, 0.1) is 0 Å². The highest BCUT2D eigenvalue weighted by Gasteiger charge is 2.51. The molecule has 3 aromatic rings. The van der Waals surface area contributed by atoms with Gasteiger partial charge in [-0.25, -0.2) is 0 Å². The summed E-state index contributed by atoms with van der Waals surface area (Å²) in [5.41, 5.74) is -1.35. The molecule has 0 aliphatic carbocycles. The minimum Gasteiger partial charge on any atom is -0.507 e. The van der Waals surface area contributed by atoms with E-state index < -0.39 is 128 Å². The van der Waals surface area contributed by atoms with Crippen LogP contribution < -0.4 is 19.6 Å². The normalized spacial score (nSPS) is 36.8. The van der Waals surface area contributed by atoms with Crippen LogP contribution in [-0.4, -0.2) is 174 Å². The van der Waals surface area contributed by atoms with Gasteiger partial charge in [-0.05, 0) is 25.1 Å². The van der Waals surface area contributed by atoms with Crippen molar-refractivity contribution in [2.24, 2.45) is 0 Å². The van der Waals surface area contributed by atoms with Gasteiger partial charge in [-0.3, -0.25) is 4.79 Å². The Morgan fingerprint density at radius 1 is 0.673 bits per heavy atom. The van der Waals surface area contributed by atoms with Crippen molar-refractivity contribution in [3.05, 3.63) is 40.6 Å². The number of phenolic OH excluding ortho intramolecular Hbond substituents is 2. The monoisotopic (exact) mass is 786 g/mol. The molecule has 0 unspecified atom stereocenters. The summed E-state index contributed by atoms with van der Waals surface area (Å²) < 4.78 is 45.1. The molecule has 0 amide bonds. The Labute approximate surface area is 309 Å². The van der Waals surface area contributed by atoms with Crippen molar-refractivity contribution < 1.29 is 98.9 Å². The molecule has 2 aromatic carbocycles. The molecule has 3 aliphatic rings. The molecule has 55 heavy (non-hydrogen) atoms. The van der Waals surface area contributed by atoms with Gasteiger partial charge in [0.25, 0.3) is 0 Å². The molecule has 0 bridgehead atoms. The molecule has 3 fully saturated rings. The van der Waals surface area contributed by atoms with Crippen molar-refractivity contribution in [1.29, 1.82) is 0 Å². The molecule has 0 radical (unpaired) electrons. The summed E-state index contributed by atoms with van der Waals surface area (Å²) in [6.07, 6.45) is -25.5. The van der Waals surface area contributed by atoms with Crippen molar-refractivity contribution in [3.63, 3.8) is 0 Å². The fraction of sp³-hybridized carbons (Fsp3) is 0.559. The molecular formula is C34H42O21. The highest BCUT2D eigenvalue weighted by Crippen LogP contribution is 2.41. The van der Waals surface area contributed by atoms with Crippen LogP contribution in [0.5, 0.6) is 28.7 Å². The average Bonchev–Trinajstić information content (AvgIpc) is 3.16. The number of aliphatic hydroxyl groups is 10. The number of aliphatic hydroxyl groups excluding tert-OH is 10. The maximum Gasteiger partial charge on any atom is 0.239 e. The van der Waals surface area contributed by atoms with Gasteiger partial charge in [-0.2, -0.15) is 0 Å². The second-order valence-corrected chi connectivity index (χ2v) is 13.2. The second kappa shape index (κ2) is 16.3. The quantitative estimate of drug-likeness (QED) is 0.0934. The first-order valence-corrected chi connectivity index (χ1v) is 16.9. The Bertz CT molecular complexity index is 1870. The third-order valence-electron chi connectivity index (χ3n) is 9.61. The third-order valence-corrected chi connectivity index (χ3v) is 9.61. The predicted octanol–water partition coefficient (Wildman–Crippen LogP) is -3.91. The van der Waals surface area contributed by atoms with E-state index >= 15 is 0 Å². The number of benzene rings is 2. The van der Waals surface area contributed by atoms with Crippen molar-refractivity contribution >= 4 is 11.0 Å². The van der Waals surface area contributed by atoms with Gasteiger partial charge in [0.15, 0.2) is 29.7 Å². The molecular weight excluding hydrogens is 744 g/mol. The Balaban J connectivity index is 1.40. The number of phenols is 2. The SMILES string of the molecule is COc1cc(-c2oc3cc(O[C@@H]4O[C@H](CO)[C@@H](O)[C@H](O)[C@H]4O[C@@H]4O[C@H](CO)[C@@H](O)[C@H](O)[C@H]4O)cc(O)c3c(=O)c2O[C@@H]2O[C@@H](C)[C@H](O)[C@@H](O)[C@H]2O)ccc1O. The molecule has 0 spiro atoms. The summed E-state index contributed by atoms with van der Waals surface area (Å²) in [5.74, 6) is -2.48. The zero-order chi connectivity index (χ0) is 40.0. The number of aromatic hydroxyl groups is 2. The van der Waals surface area contributed by atoms with Crippen molar-refractivity contribution in [1.82, 2.24) is 0 Å². The first-order chi connectivity index (χ1) is 26.1. The lowest BCUT2D eigenvalue weighted by atomic mass is 9.97. The van der Waals surface area contributed by atoms with Crippen LogP contribution in [0.4, 0.5) is 0 Å². The topological polar surface area (TPSA) is 338 Å². The van der Waals surface area contributed by atoms with E-state index in [1.807, 2.05) is 0 Å². The second-order valence-electron chi connectivity index (χ2n) is 13.2. The highest BCUT2D eigenvalue weighted by atomic mass is 16.8. The smallest absolute Gasteiger partial charge is 0.239 e. The minimum atomic E-state index is -1.94. The van der Waals surface area contributed by atoms with E-state index in [4.69, 9.17) is 37.6 Å². The average molecular weight is 787 g/mol. The summed E-state index contributed by atoms with van der Waals surface area (Å²) >= 11 is 0. The molecule has 304 valence electrons. The molecule has 21 nitrogen and oxygen atoms in total. The van der Waals surface area contributed by atoms with E-state index in [1.165, 1.54) is 32.2 Å². The van der Waals surface area contributed by atoms with Gasteiger partial charge in [0.2, 0.25) is 23.8 Å². The first kappa shape index (κ1) is 40.7. The molecule has 3 aliphatic heterocycles. The van der Waals surface area contributed by atoms with Gasteiger partial charge in [-0.1, -0.05) is 0 Å². The van der Waals surface area contributed by atoms with E-state index in [0.717, 1.165) is 12.1 Å². The van der Waals surface area contributed by atoms with E-state index in [-0.39, 0.29) is 34.2 Å². The maximum absolute atomic E-state index is 14.1. The van der Waals surface area contributed by atoms with Gasteiger partial charge in [0.1, 0.15) is 83.5 Å². The van der Waals surface area contributed by atoms with Crippen molar-refractivity contribution in [3.8, 4) is 40.1 Å². The fourth-order valence-electron chi connectivity index (χ4n) is 6.43. The lowest BCUT2D eigenvalue weighted by Gasteiger charge is -2.45. The Morgan fingerprint density at radius 2 is 1.29 bits per heavy atom. The van der Waals surface area contributed by atoms with Crippen LogP contribution in [-0.2, 0) is 18.9 Å². The molecule has 15 atom stereocenters. The summed E-state index contributed by atoms with van der Waals surface area (Å²) in [5, 5.41) is 124. The van der Waals surface area contributed by atoms with Gasteiger partial charge >= 0.3 is 0 Å². The first-order valence-electron chi connectivity index (χ1n) is 16.9. The van der Waals surface area contributed by atoms with Gasteiger partial charge in [0, 0.05) is 17.7 Å². The third kappa shape index (κ3) is 7.65. The van der Waals surface area contributed by atoms with Crippen LogP contribution >= 0.6 is 0 Å². The molecule has 12 N–H and O–H groups in total. The van der Waals surface area contributed by atoms with Crippen LogP contribution in [0.2, 0.25) is 0 Å². The molecule has 21 heteroatoms. The standard InChI is InChI=1S/C34H42O21/c1-10-20(39)24(43)27(46)32(49-10)54-30-23(42)19-14(38)6-12(7-16(19)51-29(30)11-3-4-13(37)15(5-11)48-2)50-34-31(26(45)22(41)18(9-36)53-34)55-33-28(47)25(44)21(40)17(8-35)52-33/h3-7,10,17-18,20-22,24-28,31-41,43-47H,8-9H2,1-2H3/t10-,17+,18+,20-,21+,22+,24+,25-,26-,27+,28+,31+,32-,33-,34+/m0/s1. The molecule has 1 aromatic heterocycles. The van der Waals surface area contributed by atoms with Crippen molar-refractivity contribution in [2.75, 3.05) is 20.3 Å². The maximum atomic E-state index is 14.1. The largest absolute Gasteiger partial charge is 0.507 e. The van der Waals surface area contributed by atoms with Crippen LogP contribution in [0.25, 0.3) is 22.3 Å². The summed E-state index contributed by atoms with van der Waals surface area (Å²) in [6, 6.07) is 5.80. The Kier molecular flexibility index (Phi) is 12.1. The summed E-state index contributed by atoms with van der Waals surface area (Å²) in [6.45, 7) is -0.259. The number of hydrogen-bond acceptors (Lipinski definition) is 21. The van der Waals surface area contributed by atoms with E-state index in [0.29, 0.717) is 0 Å². The number of ether oxygens (including phenoxy) is 7. The summed E-state index contributed by atoms with van der Waals surface area (Å²) in [4.78, 5) is 14.1. The van der Waals surface area contributed by atoms with E-state index in [2.05, 4.69) is 0 Å². The van der Waals surface area contributed by atoms with E-state index in [1.54, 1.807) is 0 Å². The van der Waals surface area contributed by atoms with Gasteiger partial charge < -0.3 is 98.9 Å². The lowest BCUT2D eigenvalue weighted by molar-refractivity contribution is -0.357. The molecule has 4 heterocycles. The van der Waals surface area contributed by atoms with Crippen LogP contribution in [0.1, 0.15) is 6.92 Å². The van der Waals surface area contributed by atoms with Crippen LogP contribution in [0.3, 0.4) is 0 Å². The zero-order valence-corrected chi connectivity index (χ0v) is 29.0. The van der Waals surface area contributed by atoms with Gasteiger partial charge in [0.05, 0.1) is 26.4 Å².